The first kappa shape index (κ1) is 9.68. The van der Waals surface area contributed by atoms with Crippen molar-refractivity contribution >= 4 is 9.20 Å². The SMILES string of the molecule is C1CCC(N[Si]2CCCCO2)CC1. The highest BCUT2D eigenvalue weighted by Crippen LogP contribution is 2.19. The van der Waals surface area contributed by atoms with Gasteiger partial charge in [0, 0.05) is 12.6 Å². The molecule has 0 amide bonds. The molecule has 0 spiro atoms. The highest BCUT2D eigenvalue weighted by Gasteiger charge is 2.22. The maximum atomic E-state index is 5.77. The molecule has 1 aliphatic heterocycles. The van der Waals surface area contributed by atoms with Crippen LogP contribution >= 0.6 is 0 Å². The molecule has 0 aromatic carbocycles. The molecule has 0 unspecified atom stereocenters. The number of nitrogens with one attached hydrogen (secondary N) is 1. The van der Waals surface area contributed by atoms with Gasteiger partial charge in [0.25, 0.3) is 0 Å². The molecular weight excluding hydrogens is 178 g/mol. The van der Waals surface area contributed by atoms with Gasteiger partial charge < -0.3 is 9.41 Å². The van der Waals surface area contributed by atoms with Gasteiger partial charge in [0.05, 0.1) is 0 Å². The maximum absolute atomic E-state index is 5.77. The van der Waals surface area contributed by atoms with Crippen LogP contribution in [0.5, 0.6) is 0 Å². The number of hydrogen-bond donors (Lipinski definition) is 1. The van der Waals surface area contributed by atoms with Crippen LogP contribution in [-0.2, 0) is 4.43 Å². The first-order valence-electron chi connectivity index (χ1n) is 5.70. The standard InChI is InChI=1S/C10H20NOSi/c1-2-6-10(7-3-1)11-13-9-5-4-8-12-13/h10-11H,1-9H2. The van der Waals surface area contributed by atoms with Gasteiger partial charge in [-0.3, -0.25) is 0 Å². The molecule has 0 aromatic rings. The average molecular weight is 198 g/mol. The lowest BCUT2D eigenvalue weighted by Crippen LogP contribution is -2.46. The van der Waals surface area contributed by atoms with E-state index in [4.69, 9.17) is 4.43 Å². The van der Waals surface area contributed by atoms with Crippen LogP contribution in [-0.4, -0.2) is 21.9 Å². The van der Waals surface area contributed by atoms with E-state index in [0.29, 0.717) is 0 Å². The van der Waals surface area contributed by atoms with Crippen LogP contribution in [0, 0.1) is 0 Å². The van der Waals surface area contributed by atoms with Gasteiger partial charge in [-0.1, -0.05) is 25.7 Å². The van der Waals surface area contributed by atoms with E-state index in [2.05, 4.69) is 4.98 Å². The van der Waals surface area contributed by atoms with Crippen LogP contribution < -0.4 is 4.98 Å². The summed E-state index contributed by atoms with van der Waals surface area (Å²) in [4.78, 5) is 3.74. The zero-order chi connectivity index (χ0) is 8.93. The van der Waals surface area contributed by atoms with E-state index in [1.54, 1.807) is 0 Å². The second-order valence-corrected chi connectivity index (χ2v) is 6.13. The fourth-order valence-electron chi connectivity index (χ4n) is 2.24. The Balaban J connectivity index is 1.69. The van der Waals surface area contributed by atoms with Crippen molar-refractivity contribution in [3.8, 4) is 0 Å². The van der Waals surface area contributed by atoms with E-state index in [0.717, 1.165) is 12.6 Å². The smallest absolute Gasteiger partial charge is 0.302 e. The Morgan fingerprint density at radius 2 is 1.85 bits per heavy atom. The van der Waals surface area contributed by atoms with Crippen molar-refractivity contribution < 1.29 is 4.43 Å². The highest BCUT2D eigenvalue weighted by atomic mass is 28.3. The molecule has 1 aliphatic carbocycles. The lowest BCUT2D eigenvalue weighted by Gasteiger charge is -2.28. The highest BCUT2D eigenvalue weighted by molar-refractivity contribution is 6.49. The van der Waals surface area contributed by atoms with E-state index in [1.807, 2.05) is 0 Å². The molecule has 0 atom stereocenters. The van der Waals surface area contributed by atoms with Crippen molar-refractivity contribution in [2.75, 3.05) is 6.61 Å². The van der Waals surface area contributed by atoms with Crippen molar-refractivity contribution in [2.24, 2.45) is 0 Å². The van der Waals surface area contributed by atoms with Gasteiger partial charge in [0.15, 0.2) is 0 Å². The first-order valence-corrected chi connectivity index (χ1v) is 7.32. The quantitative estimate of drug-likeness (QED) is 0.687. The third-order valence-corrected chi connectivity index (χ3v) is 5.14. The van der Waals surface area contributed by atoms with Crippen LogP contribution in [0.15, 0.2) is 0 Å². The zero-order valence-electron chi connectivity index (χ0n) is 8.35. The topological polar surface area (TPSA) is 21.3 Å². The average Bonchev–Trinajstić information content (AvgIpc) is 2.21. The lowest BCUT2D eigenvalue weighted by molar-refractivity contribution is 0.268. The zero-order valence-corrected chi connectivity index (χ0v) is 9.35. The summed E-state index contributed by atoms with van der Waals surface area (Å²) in [6.45, 7) is 1.01. The second kappa shape index (κ2) is 5.13. The first-order chi connectivity index (χ1) is 6.45. The van der Waals surface area contributed by atoms with Gasteiger partial charge in [-0.25, -0.2) is 0 Å². The van der Waals surface area contributed by atoms with Crippen LogP contribution in [0.1, 0.15) is 44.9 Å². The van der Waals surface area contributed by atoms with Crippen molar-refractivity contribution in [3.05, 3.63) is 0 Å². The Hall–Kier alpha value is 0.137. The van der Waals surface area contributed by atoms with Gasteiger partial charge in [-0.2, -0.15) is 0 Å². The summed E-state index contributed by atoms with van der Waals surface area (Å²) in [6.07, 6.45) is 9.73. The van der Waals surface area contributed by atoms with E-state index < -0.39 is 9.20 Å². The molecule has 13 heavy (non-hydrogen) atoms. The third-order valence-electron chi connectivity index (χ3n) is 3.04. The number of rotatable bonds is 2. The Morgan fingerprint density at radius 3 is 2.54 bits per heavy atom. The summed E-state index contributed by atoms with van der Waals surface area (Å²) >= 11 is 0. The molecule has 1 heterocycles. The molecule has 2 aliphatic rings. The molecule has 0 bridgehead atoms. The maximum Gasteiger partial charge on any atom is 0.302 e. The van der Waals surface area contributed by atoms with Crippen LogP contribution in [0.25, 0.3) is 0 Å². The monoisotopic (exact) mass is 198 g/mol. The third kappa shape index (κ3) is 3.08. The minimum atomic E-state index is -0.597. The molecule has 2 nitrogen and oxygen atoms in total. The van der Waals surface area contributed by atoms with E-state index in [9.17, 15) is 0 Å². The minimum absolute atomic E-state index is 0.597. The van der Waals surface area contributed by atoms with Gasteiger partial charge in [-0.05, 0) is 25.3 Å². The summed E-state index contributed by atoms with van der Waals surface area (Å²) in [7, 11) is -0.597. The van der Waals surface area contributed by atoms with Crippen LogP contribution in [0.2, 0.25) is 6.04 Å². The van der Waals surface area contributed by atoms with Gasteiger partial charge >= 0.3 is 9.20 Å². The Labute approximate surface area is 82.9 Å². The summed E-state index contributed by atoms with van der Waals surface area (Å²) < 4.78 is 5.77. The minimum Gasteiger partial charge on any atom is -0.403 e. The van der Waals surface area contributed by atoms with Crippen LogP contribution in [0.4, 0.5) is 0 Å². The van der Waals surface area contributed by atoms with Crippen molar-refractivity contribution in [3.63, 3.8) is 0 Å². The molecule has 1 N–H and O–H groups in total. The normalized spacial score (nSPS) is 27.7. The van der Waals surface area contributed by atoms with Gasteiger partial charge in [-0.15, -0.1) is 0 Å². The summed E-state index contributed by atoms with van der Waals surface area (Å²) in [5.74, 6) is 0. The van der Waals surface area contributed by atoms with Crippen molar-refractivity contribution in [1.82, 2.24) is 4.98 Å². The second-order valence-electron chi connectivity index (χ2n) is 4.21. The van der Waals surface area contributed by atoms with E-state index in [1.165, 1.54) is 51.0 Å². The molecule has 75 valence electrons. The molecule has 2 rings (SSSR count). The Bertz CT molecular complexity index is 126. The summed E-state index contributed by atoms with van der Waals surface area (Å²) in [5, 5.41) is 0. The van der Waals surface area contributed by atoms with Gasteiger partial charge in [0.1, 0.15) is 0 Å². The molecule has 0 aromatic heterocycles. The molecule has 2 fully saturated rings. The summed E-state index contributed by atoms with van der Waals surface area (Å²) in [6, 6.07) is 2.11. The van der Waals surface area contributed by atoms with Gasteiger partial charge in [0.2, 0.25) is 0 Å². The van der Waals surface area contributed by atoms with Crippen LogP contribution in [0.3, 0.4) is 0 Å². The fraction of sp³-hybridized carbons (Fsp3) is 1.00. The molecule has 1 radical (unpaired) electrons. The largest absolute Gasteiger partial charge is 0.403 e. The van der Waals surface area contributed by atoms with E-state index >= 15 is 0 Å². The molecule has 3 heteroatoms. The fourth-order valence-corrected chi connectivity index (χ4v) is 4.32. The summed E-state index contributed by atoms with van der Waals surface area (Å²) in [5.41, 5.74) is 0. The molecule has 1 saturated carbocycles. The lowest BCUT2D eigenvalue weighted by atomic mass is 9.96. The van der Waals surface area contributed by atoms with Crippen molar-refractivity contribution in [1.29, 1.82) is 0 Å². The Kier molecular flexibility index (Phi) is 3.82. The van der Waals surface area contributed by atoms with Crippen molar-refractivity contribution in [2.45, 2.75) is 57.0 Å². The number of hydrogen-bond acceptors (Lipinski definition) is 2. The predicted octanol–water partition coefficient (Wildman–Crippen LogP) is 2.21. The predicted molar refractivity (Wildman–Crippen MR) is 55.8 cm³/mol. The van der Waals surface area contributed by atoms with E-state index in [-0.39, 0.29) is 0 Å². The molecule has 1 saturated heterocycles. The molecular formula is C10H20NOSi. The Morgan fingerprint density at radius 1 is 1.00 bits per heavy atom.